The van der Waals surface area contributed by atoms with Crippen molar-refractivity contribution in [2.24, 2.45) is 0 Å². The van der Waals surface area contributed by atoms with E-state index in [1.54, 1.807) is 0 Å². The Morgan fingerprint density at radius 3 is 2.00 bits per heavy atom. The van der Waals surface area contributed by atoms with Crippen LogP contribution in [0.25, 0.3) is 0 Å². The van der Waals surface area contributed by atoms with Crippen LogP contribution in [-0.4, -0.2) is 48.0 Å². The number of hydrogen-bond donors (Lipinski definition) is 0. The summed E-state index contributed by atoms with van der Waals surface area (Å²) >= 11 is 0. The molecular formula is C13H16F9N. The van der Waals surface area contributed by atoms with Crippen LogP contribution in [0.2, 0.25) is 0 Å². The number of rotatable bonds is 3. The lowest BCUT2D eigenvalue weighted by Crippen LogP contribution is -2.60. The quantitative estimate of drug-likeness (QED) is 0.395. The van der Waals surface area contributed by atoms with Crippen molar-refractivity contribution in [2.75, 3.05) is 13.1 Å². The summed E-state index contributed by atoms with van der Waals surface area (Å²) in [6, 6.07) is 0. The summed E-state index contributed by atoms with van der Waals surface area (Å²) in [6.45, 7) is 0.986. The molecule has 0 amide bonds. The molecule has 0 bridgehead atoms. The zero-order valence-corrected chi connectivity index (χ0v) is 12.2. The molecule has 1 aliphatic rings. The summed E-state index contributed by atoms with van der Waals surface area (Å²) in [7, 11) is 0. The van der Waals surface area contributed by atoms with Crippen LogP contribution in [0.5, 0.6) is 0 Å². The van der Waals surface area contributed by atoms with Gasteiger partial charge in [0.25, 0.3) is 5.67 Å². The first-order chi connectivity index (χ1) is 10.2. The summed E-state index contributed by atoms with van der Waals surface area (Å²) in [5, 5.41) is 0. The standard InChI is InChI=1S/C13H16F9N/c1-8(2)11(16,13(20,21)22)9(14)23-6-4-3-5-10(15,7-23)12(17,18)19/h9H,1,3-7H2,2H3. The summed E-state index contributed by atoms with van der Waals surface area (Å²) in [5.74, 6) is 0. The molecule has 1 fully saturated rings. The lowest BCUT2D eigenvalue weighted by atomic mass is 9.94. The first-order valence-corrected chi connectivity index (χ1v) is 6.72. The Hall–Kier alpha value is -0.930. The lowest BCUT2D eigenvalue weighted by molar-refractivity contribution is -0.266. The van der Waals surface area contributed by atoms with Gasteiger partial charge in [-0.25, -0.2) is 13.2 Å². The SMILES string of the molecule is C=C(C)C(F)(C(F)N1CCCCC(F)(C(F)(F)F)C1)C(F)(F)F. The van der Waals surface area contributed by atoms with Crippen molar-refractivity contribution in [1.29, 1.82) is 0 Å². The fourth-order valence-corrected chi connectivity index (χ4v) is 2.46. The zero-order chi connectivity index (χ0) is 18.3. The highest BCUT2D eigenvalue weighted by molar-refractivity contribution is 5.18. The van der Waals surface area contributed by atoms with Crippen LogP contribution in [0.3, 0.4) is 0 Å². The summed E-state index contributed by atoms with van der Waals surface area (Å²) < 4.78 is 119. The van der Waals surface area contributed by atoms with Crippen molar-refractivity contribution < 1.29 is 39.5 Å². The van der Waals surface area contributed by atoms with Gasteiger partial charge < -0.3 is 0 Å². The Morgan fingerprint density at radius 2 is 1.61 bits per heavy atom. The van der Waals surface area contributed by atoms with E-state index < -0.39 is 55.1 Å². The molecule has 0 N–H and O–H groups in total. The van der Waals surface area contributed by atoms with Gasteiger partial charge in [0.2, 0.25) is 12.0 Å². The second kappa shape index (κ2) is 6.18. The molecule has 0 spiro atoms. The van der Waals surface area contributed by atoms with E-state index in [4.69, 9.17) is 0 Å². The predicted octanol–water partition coefficient (Wildman–Crippen LogP) is 4.89. The highest BCUT2D eigenvalue weighted by Gasteiger charge is 2.66. The van der Waals surface area contributed by atoms with Gasteiger partial charge in [-0.3, -0.25) is 4.90 Å². The van der Waals surface area contributed by atoms with Crippen molar-refractivity contribution in [3.8, 4) is 0 Å². The van der Waals surface area contributed by atoms with Crippen LogP contribution in [0.1, 0.15) is 26.2 Å². The first kappa shape index (κ1) is 20.1. The van der Waals surface area contributed by atoms with Crippen LogP contribution >= 0.6 is 0 Å². The monoisotopic (exact) mass is 357 g/mol. The maximum Gasteiger partial charge on any atom is 0.430 e. The Bertz CT molecular complexity index is 444. The molecule has 136 valence electrons. The second-order valence-electron chi connectivity index (χ2n) is 5.72. The van der Waals surface area contributed by atoms with Gasteiger partial charge in [-0.2, -0.15) is 26.3 Å². The van der Waals surface area contributed by atoms with Gasteiger partial charge in [0.05, 0.1) is 0 Å². The molecule has 0 aromatic rings. The topological polar surface area (TPSA) is 3.24 Å². The highest BCUT2D eigenvalue weighted by atomic mass is 19.4. The normalized spacial score (nSPS) is 28.8. The van der Waals surface area contributed by atoms with Crippen LogP contribution in [0, 0.1) is 0 Å². The average Bonchev–Trinajstić information content (AvgIpc) is 2.57. The number of hydrogen-bond acceptors (Lipinski definition) is 1. The van der Waals surface area contributed by atoms with Crippen molar-refractivity contribution in [1.82, 2.24) is 4.90 Å². The fraction of sp³-hybridized carbons (Fsp3) is 0.846. The summed E-state index contributed by atoms with van der Waals surface area (Å²) in [4.78, 5) is -0.0807. The molecule has 1 saturated heterocycles. The van der Waals surface area contributed by atoms with Gasteiger partial charge in [0.1, 0.15) is 0 Å². The third-order valence-corrected chi connectivity index (χ3v) is 3.91. The minimum Gasteiger partial charge on any atom is -0.267 e. The third-order valence-electron chi connectivity index (χ3n) is 3.91. The van der Waals surface area contributed by atoms with E-state index in [2.05, 4.69) is 6.58 Å². The van der Waals surface area contributed by atoms with Crippen LogP contribution < -0.4 is 0 Å². The molecule has 0 aromatic carbocycles. The zero-order valence-electron chi connectivity index (χ0n) is 12.2. The Labute approximate surface area is 127 Å². The predicted molar refractivity (Wildman–Crippen MR) is 64.9 cm³/mol. The molecule has 0 saturated carbocycles. The number of alkyl halides is 9. The van der Waals surface area contributed by atoms with Gasteiger partial charge in [-0.05, 0) is 31.8 Å². The lowest BCUT2D eigenvalue weighted by Gasteiger charge is -2.39. The second-order valence-corrected chi connectivity index (χ2v) is 5.72. The maximum atomic E-state index is 14.2. The van der Waals surface area contributed by atoms with E-state index in [9.17, 15) is 39.5 Å². The minimum absolute atomic E-state index is 0.0807. The average molecular weight is 357 g/mol. The molecule has 3 unspecified atom stereocenters. The van der Waals surface area contributed by atoms with Crippen molar-refractivity contribution in [2.45, 2.75) is 56.2 Å². The van der Waals surface area contributed by atoms with Crippen LogP contribution in [-0.2, 0) is 0 Å². The molecule has 0 aromatic heterocycles. The molecule has 0 aliphatic carbocycles. The Morgan fingerprint density at radius 1 is 1.09 bits per heavy atom. The molecule has 10 heteroatoms. The highest BCUT2D eigenvalue weighted by Crippen LogP contribution is 2.46. The fourth-order valence-electron chi connectivity index (χ4n) is 2.46. The van der Waals surface area contributed by atoms with Crippen molar-refractivity contribution >= 4 is 0 Å². The van der Waals surface area contributed by atoms with E-state index in [1.165, 1.54) is 0 Å². The first-order valence-electron chi connectivity index (χ1n) is 6.72. The van der Waals surface area contributed by atoms with E-state index in [0.29, 0.717) is 6.92 Å². The van der Waals surface area contributed by atoms with Crippen LogP contribution in [0.4, 0.5) is 39.5 Å². The van der Waals surface area contributed by atoms with Gasteiger partial charge in [-0.1, -0.05) is 6.58 Å². The minimum atomic E-state index is -5.73. The van der Waals surface area contributed by atoms with Crippen molar-refractivity contribution in [3.05, 3.63) is 12.2 Å². The molecule has 1 rings (SSSR count). The van der Waals surface area contributed by atoms with E-state index >= 15 is 0 Å². The largest absolute Gasteiger partial charge is 0.430 e. The molecular weight excluding hydrogens is 341 g/mol. The van der Waals surface area contributed by atoms with Gasteiger partial charge in [-0.15, -0.1) is 0 Å². The molecule has 23 heavy (non-hydrogen) atoms. The molecule has 1 heterocycles. The number of halogens is 9. The summed E-state index contributed by atoms with van der Waals surface area (Å²) in [5.41, 5.74) is -9.72. The summed E-state index contributed by atoms with van der Waals surface area (Å²) in [6.07, 6.45) is -16.2. The van der Waals surface area contributed by atoms with Gasteiger partial charge in [0.15, 0.2) is 0 Å². The smallest absolute Gasteiger partial charge is 0.267 e. The van der Waals surface area contributed by atoms with Gasteiger partial charge >= 0.3 is 12.4 Å². The Balaban J connectivity index is 3.19. The van der Waals surface area contributed by atoms with Gasteiger partial charge in [0, 0.05) is 13.1 Å². The van der Waals surface area contributed by atoms with Crippen LogP contribution in [0.15, 0.2) is 12.2 Å². The number of nitrogens with zero attached hydrogens (tertiary/aromatic N) is 1. The molecule has 1 nitrogen and oxygen atoms in total. The Kier molecular flexibility index (Phi) is 5.40. The third kappa shape index (κ3) is 3.61. The molecule has 3 atom stereocenters. The van der Waals surface area contributed by atoms with E-state index in [1.807, 2.05) is 0 Å². The van der Waals surface area contributed by atoms with E-state index in [-0.39, 0.29) is 17.7 Å². The molecule has 0 radical (unpaired) electrons. The van der Waals surface area contributed by atoms with E-state index in [0.717, 1.165) is 0 Å². The number of likely N-dealkylation sites (tertiary alicyclic amines) is 1. The maximum absolute atomic E-state index is 14.2. The van der Waals surface area contributed by atoms with Crippen molar-refractivity contribution in [3.63, 3.8) is 0 Å². The molecule has 1 aliphatic heterocycles.